The van der Waals surface area contributed by atoms with Crippen molar-refractivity contribution in [2.24, 2.45) is 0 Å². The van der Waals surface area contributed by atoms with E-state index < -0.39 is 18.5 Å². The zero-order chi connectivity index (χ0) is 14.8. The molecule has 0 saturated carbocycles. The van der Waals surface area contributed by atoms with E-state index in [4.69, 9.17) is 4.74 Å². The summed E-state index contributed by atoms with van der Waals surface area (Å²) in [6.45, 7) is 0.287. The van der Waals surface area contributed by atoms with E-state index in [0.29, 0.717) is 13.1 Å². The summed E-state index contributed by atoms with van der Waals surface area (Å²) in [6.07, 6.45) is -3.21. The number of nitrogens with zero attached hydrogens (tertiary/aromatic N) is 4. The van der Waals surface area contributed by atoms with Crippen LogP contribution < -0.4 is 9.64 Å². The molecule has 0 aliphatic carbocycles. The van der Waals surface area contributed by atoms with Crippen LogP contribution >= 0.6 is 0 Å². The molecule has 0 amide bonds. The summed E-state index contributed by atoms with van der Waals surface area (Å²) in [7, 11) is 1.29. The predicted molar refractivity (Wildman–Crippen MR) is 63.3 cm³/mol. The molecule has 5 nitrogen and oxygen atoms in total. The van der Waals surface area contributed by atoms with Crippen LogP contribution in [-0.2, 0) is 0 Å². The highest BCUT2D eigenvalue weighted by Gasteiger charge is 2.32. The minimum absolute atomic E-state index is 0.173. The first-order valence-corrected chi connectivity index (χ1v) is 5.99. The molecule has 1 aliphatic rings. The van der Waals surface area contributed by atoms with Gasteiger partial charge >= 0.3 is 6.18 Å². The molecule has 1 fully saturated rings. The molecule has 20 heavy (non-hydrogen) atoms. The van der Waals surface area contributed by atoms with Gasteiger partial charge in [0.05, 0.1) is 19.9 Å². The largest absolute Gasteiger partial charge is 0.479 e. The smallest absolute Gasteiger partial charge is 0.401 e. The molecular formula is C11H14F4N4O. The molecular weight excluding hydrogens is 280 g/mol. The average Bonchev–Trinajstić information content (AvgIpc) is 2.38. The Labute approximate surface area is 113 Å². The molecule has 0 N–H and O–H groups in total. The van der Waals surface area contributed by atoms with Crippen LogP contribution in [0, 0.1) is 5.82 Å². The molecule has 0 aromatic carbocycles. The molecule has 0 radical (unpaired) electrons. The van der Waals surface area contributed by atoms with E-state index in [-0.39, 0.29) is 24.9 Å². The number of methoxy groups -OCH3 is 1. The molecule has 2 heterocycles. The maximum Gasteiger partial charge on any atom is 0.401 e. The number of hydrogen-bond acceptors (Lipinski definition) is 5. The van der Waals surface area contributed by atoms with Gasteiger partial charge in [-0.05, 0) is 0 Å². The van der Waals surface area contributed by atoms with Crippen molar-refractivity contribution in [3.8, 4) is 5.88 Å². The van der Waals surface area contributed by atoms with Gasteiger partial charge in [-0.1, -0.05) is 0 Å². The SMILES string of the molecule is COc1nc(N2CCN(CC(F)(F)F)CC2)ncc1F. The summed E-state index contributed by atoms with van der Waals surface area (Å²) in [6, 6.07) is 0. The van der Waals surface area contributed by atoms with Crippen molar-refractivity contribution in [2.45, 2.75) is 6.18 Å². The Hall–Kier alpha value is -1.64. The Morgan fingerprint density at radius 2 is 1.90 bits per heavy atom. The Balaban J connectivity index is 1.97. The van der Waals surface area contributed by atoms with Crippen molar-refractivity contribution >= 4 is 5.95 Å². The van der Waals surface area contributed by atoms with Gasteiger partial charge in [0.15, 0.2) is 0 Å². The van der Waals surface area contributed by atoms with Gasteiger partial charge in [0.1, 0.15) is 0 Å². The fourth-order valence-electron chi connectivity index (χ4n) is 2.00. The lowest BCUT2D eigenvalue weighted by Gasteiger charge is -2.34. The second kappa shape index (κ2) is 5.78. The van der Waals surface area contributed by atoms with Crippen LogP contribution in [0.2, 0.25) is 0 Å². The van der Waals surface area contributed by atoms with E-state index >= 15 is 0 Å². The van der Waals surface area contributed by atoms with Crippen LogP contribution in [0.4, 0.5) is 23.5 Å². The number of piperazine rings is 1. The van der Waals surface area contributed by atoms with Gasteiger partial charge in [-0.3, -0.25) is 4.90 Å². The lowest BCUT2D eigenvalue weighted by Crippen LogP contribution is -2.49. The van der Waals surface area contributed by atoms with E-state index in [1.165, 1.54) is 12.0 Å². The molecule has 2 rings (SSSR count). The Morgan fingerprint density at radius 3 is 2.45 bits per heavy atom. The second-order valence-electron chi connectivity index (χ2n) is 4.41. The first-order valence-electron chi connectivity index (χ1n) is 5.99. The monoisotopic (exact) mass is 294 g/mol. The van der Waals surface area contributed by atoms with Crippen molar-refractivity contribution in [1.29, 1.82) is 0 Å². The van der Waals surface area contributed by atoms with Gasteiger partial charge in [0.2, 0.25) is 11.8 Å². The van der Waals surface area contributed by atoms with Crippen molar-refractivity contribution in [1.82, 2.24) is 14.9 Å². The maximum atomic E-state index is 13.2. The minimum Gasteiger partial charge on any atom is -0.479 e. The van der Waals surface area contributed by atoms with E-state index in [9.17, 15) is 17.6 Å². The highest BCUT2D eigenvalue weighted by atomic mass is 19.4. The fraction of sp³-hybridized carbons (Fsp3) is 0.636. The normalized spacial score (nSPS) is 17.4. The predicted octanol–water partition coefficient (Wildman–Crippen LogP) is 1.31. The molecule has 1 aliphatic heterocycles. The second-order valence-corrected chi connectivity index (χ2v) is 4.41. The van der Waals surface area contributed by atoms with Crippen molar-refractivity contribution < 1.29 is 22.3 Å². The summed E-state index contributed by atoms with van der Waals surface area (Å²) in [5, 5.41) is 0. The highest BCUT2D eigenvalue weighted by molar-refractivity contribution is 5.33. The number of rotatable bonds is 3. The third-order valence-electron chi connectivity index (χ3n) is 2.95. The van der Waals surface area contributed by atoms with Gasteiger partial charge in [0, 0.05) is 26.2 Å². The fourth-order valence-corrected chi connectivity index (χ4v) is 2.00. The molecule has 0 atom stereocenters. The standard InChI is InChI=1S/C11H14F4N4O/c1-20-9-8(12)6-16-10(17-9)19-4-2-18(3-5-19)7-11(13,14)15/h6H,2-5,7H2,1H3. The summed E-state index contributed by atoms with van der Waals surface area (Å²) < 4.78 is 54.7. The van der Waals surface area contributed by atoms with Crippen LogP contribution in [0.25, 0.3) is 0 Å². The average molecular weight is 294 g/mol. The van der Waals surface area contributed by atoms with E-state index in [2.05, 4.69) is 9.97 Å². The Morgan fingerprint density at radius 1 is 1.25 bits per heavy atom. The van der Waals surface area contributed by atoms with Gasteiger partial charge < -0.3 is 9.64 Å². The van der Waals surface area contributed by atoms with Crippen LogP contribution in [0.15, 0.2) is 6.20 Å². The molecule has 0 spiro atoms. The molecule has 0 bridgehead atoms. The summed E-state index contributed by atoms with van der Waals surface area (Å²) >= 11 is 0. The molecule has 9 heteroatoms. The molecule has 0 unspecified atom stereocenters. The summed E-state index contributed by atoms with van der Waals surface area (Å²) in [5.74, 6) is -0.588. The summed E-state index contributed by atoms with van der Waals surface area (Å²) in [5.41, 5.74) is 0. The number of aromatic nitrogens is 2. The zero-order valence-corrected chi connectivity index (χ0v) is 10.8. The van der Waals surface area contributed by atoms with E-state index in [0.717, 1.165) is 6.20 Å². The van der Waals surface area contributed by atoms with Crippen molar-refractivity contribution in [3.63, 3.8) is 0 Å². The van der Waals surface area contributed by atoms with E-state index in [1.54, 1.807) is 4.90 Å². The van der Waals surface area contributed by atoms with Crippen LogP contribution in [0.5, 0.6) is 5.88 Å². The molecule has 1 aromatic heterocycles. The van der Waals surface area contributed by atoms with E-state index in [1.807, 2.05) is 0 Å². The Bertz CT molecular complexity index is 460. The van der Waals surface area contributed by atoms with Gasteiger partial charge in [0.25, 0.3) is 5.88 Å². The third-order valence-corrected chi connectivity index (χ3v) is 2.95. The van der Waals surface area contributed by atoms with Gasteiger partial charge in [-0.2, -0.15) is 22.5 Å². The first-order chi connectivity index (χ1) is 9.39. The van der Waals surface area contributed by atoms with Crippen LogP contribution in [-0.4, -0.2) is 60.9 Å². The number of hydrogen-bond donors (Lipinski definition) is 0. The van der Waals surface area contributed by atoms with Gasteiger partial charge in [-0.25, -0.2) is 4.98 Å². The molecule has 112 valence electrons. The summed E-state index contributed by atoms with van der Waals surface area (Å²) in [4.78, 5) is 10.7. The Kier molecular flexibility index (Phi) is 4.26. The number of alkyl halides is 3. The zero-order valence-electron chi connectivity index (χ0n) is 10.8. The van der Waals surface area contributed by atoms with Crippen LogP contribution in [0.1, 0.15) is 0 Å². The van der Waals surface area contributed by atoms with Crippen LogP contribution in [0.3, 0.4) is 0 Å². The third kappa shape index (κ3) is 3.69. The number of halogens is 4. The quantitative estimate of drug-likeness (QED) is 0.786. The number of ether oxygens (including phenoxy) is 1. The topological polar surface area (TPSA) is 41.5 Å². The lowest BCUT2D eigenvalue weighted by atomic mass is 10.3. The first kappa shape index (κ1) is 14.8. The van der Waals surface area contributed by atoms with Crippen molar-refractivity contribution in [3.05, 3.63) is 12.0 Å². The highest BCUT2D eigenvalue weighted by Crippen LogP contribution is 2.20. The molecule has 1 saturated heterocycles. The van der Waals surface area contributed by atoms with Gasteiger partial charge in [-0.15, -0.1) is 0 Å². The lowest BCUT2D eigenvalue weighted by molar-refractivity contribution is -0.146. The number of anilines is 1. The maximum absolute atomic E-state index is 13.2. The van der Waals surface area contributed by atoms with Crippen molar-refractivity contribution in [2.75, 3.05) is 44.7 Å². The minimum atomic E-state index is -4.20. The molecule has 1 aromatic rings.